The molecule has 1 heterocycles. The Bertz CT molecular complexity index is 532. The van der Waals surface area contributed by atoms with Gasteiger partial charge in [0.05, 0.1) is 13.7 Å². The summed E-state index contributed by atoms with van der Waals surface area (Å²) >= 11 is 0. The molecular weight excluding hydrogens is 336 g/mol. The van der Waals surface area contributed by atoms with Gasteiger partial charge in [-0.2, -0.15) is 0 Å². The van der Waals surface area contributed by atoms with E-state index in [-0.39, 0.29) is 5.75 Å². The van der Waals surface area contributed by atoms with Gasteiger partial charge in [-0.1, -0.05) is 0 Å². The zero-order chi connectivity index (χ0) is 19.0. The third-order valence-electron chi connectivity index (χ3n) is 3.52. The third-order valence-corrected chi connectivity index (χ3v) is 3.52. The lowest BCUT2D eigenvalue weighted by atomic mass is 9.99. The van der Waals surface area contributed by atoms with Crippen molar-refractivity contribution in [2.75, 3.05) is 20.3 Å². The zero-order valence-electron chi connectivity index (χ0n) is 14.0. The fourth-order valence-corrected chi connectivity index (χ4v) is 2.14. The van der Waals surface area contributed by atoms with Crippen LogP contribution in [-0.2, 0) is 9.47 Å². The molecule has 0 unspecified atom stereocenters. The molecule has 1 saturated heterocycles. The summed E-state index contributed by atoms with van der Waals surface area (Å²) < 4.78 is 14.8. The number of methoxy groups -OCH3 is 1. The number of phenolic OH excluding ortho intramolecular Hbond substituents is 1. The van der Waals surface area contributed by atoms with E-state index in [0.29, 0.717) is 24.2 Å². The molecular formula is C16H24O9. The second-order valence-corrected chi connectivity index (χ2v) is 5.20. The summed E-state index contributed by atoms with van der Waals surface area (Å²) in [5.74, 6) is 0.354. The Hall–Kier alpha value is -1.75. The van der Waals surface area contributed by atoms with E-state index in [1.165, 1.54) is 25.3 Å². The van der Waals surface area contributed by atoms with Crippen LogP contribution < -0.4 is 4.74 Å². The fraction of sp³-hybridized carbons (Fsp3) is 0.562. The number of hydrogen-bond acceptors (Lipinski definition) is 9. The number of carbonyl (C=O) groups excluding carboxylic acids is 1. The first-order valence-electron chi connectivity index (χ1n) is 7.63. The van der Waals surface area contributed by atoms with Gasteiger partial charge in [0, 0.05) is 12.2 Å². The number of aliphatic hydroxyl groups is 4. The van der Waals surface area contributed by atoms with Gasteiger partial charge in [-0.05, 0) is 25.1 Å². The molecule has 0 bridgehead atoms. The normalized spacial score (nSPS) is 28.6. The SMILES string of the molecule is CCO[C@@H]1O[C@H](CO)[C@@H](O)[C@H](O)[C@H]1O.COc1cc(C=O)ccc1O. The Labute approximate surface area is 145 Å². The van der Waals surface area contributed by atoms with Crippen LogP contribution in [0.15, 0.2) is 18.2 Å². The lowest BCUT2D eigenvalue weighted by Gasteiger charge is -2.39. The number of hydrogen-bond donors (Lipinski definition) is 5. The van der Waals surface area contributed by atoms with Crippen LogP contribution in [-0.4, -0.2) is 82.8 Å². The van der Waals surface area contributed by atoms with Crippen LogP contribution in [0.1, 0.15) is 17.3 Å². The molecule has 0 aliphatic carbocycles. The molecule has 142 valence electrons. The Morgan fingerprint density at radius 1 is 1.20 bits per heavy atom. The van der Waals surface area contributed by atoms with Crippen LogP contribution in [0.5, 0.6) is 11.5 Å². The van der Waals surface area contributed by atoms with Crippen molar-refractivity contribution in [1.29, 1.82) is 0 Å². The van der Waals surface area contributed by atoms with Crippen LogP contribution in [0.25, 0.3) is 0 Å². The summed E-state index contributed by atoms with van der Waals surface area (Å²) in [6, 6.07) is 4.41. The van der Waals surface area contributed by atoms with Crippen molar-refractivity contribution in [2.24, 2.45) is 0 Å². The van der Waals surface area contributed by atoms with Gasteiger partial charge in [-0.15, -0.1) is 0 Å². The van der Waals surface area contributed by atoms with Crippen molar-refractivity contribution in [3.05, 3.63) is 23.8 Å². The van der Waals surface area contributed by atoms with Crippen molar-refractivity contribution in [1.82, 2.24) is 0 Å². The largest absolute Gasteiger partial charge is 0.504 e. The highest BCUT2D eigenvalue weighted by molar-refractivity contribution is 5.76. The van der Waals surface area contributed by atoms with Gasteiger partial charge < -0.3 is 39.7 Å². The zero-order valence-corrected chi connectivity index (χ0v) is 14.0. The van der Waals surface area contributed by atoms with Crippen molar-refractivity contribution >= 4 is 6.29 Å². The number of rotatable bonds is 5. The van der Waals surface area contributed by atoms with Crippen LogP contribution in [0, 0.1) is 0 Å². The van der Waals surface area contributed by atoms with E-state index in [1.54, 1.807) is 6.92 Å². The summed E-state index contributed by atoms with van der Waals surface area (Å²) in [7, 11) is 1.43. The smallest absolute Gasteiger partial charge is 0.186 e. The third kappa shape index (κ3) is 5.63. The van der Waals surface area contributed by atoms with Gasteiger partial charge in [0.2, 0.25) is 0 Å². The quantitative estimate of drug-likeness (QED) is 0.419. The maximum atomic E-state index is 10.2. The lowest BCUT2D eigenvalue weighted by molar-refractivity contribution is -0.300. The first-order chi connectivity index (χ1) is 11.9. The number of aromatic hydroxyl groups is 1. The number of phenols is 1. The van der Waals surface area contributed by atoms with Gasteiger partial charge in [-0.3, -0.25) is 4.79 Å². The Kier molecular flexibility index (Phi) is 8.76. The first-order valence-corrected chi connectivity index (χ1v) is 7.63. The van der Waals surface area contributed by atoms with Gasteiger partial charge in [0.15, 0.2) is 17.8 Å². The molecule has 9 heteroatoms. The first kappa shape index (κ1) is 21.3. The van der Waals surface area contributed by atoms with Crippen LogP contribution in [0.2, 0.25) is 0 Å². The fourth-order valence-electron chi connectivity index (χ4n) is 2.14. The minimum atomic E-state index is -1.36. The van der Waals surface area contributed by atoms with Gasteiger partial charge in [-0.25, -0.2) is 0 Å². The summed E-state index contributed by atoms with van der Waals surface area (Å²) in [5, 5.41) is 46.0. The highest BCUT2D eigenvalue weighted by Gasteiger charge is 2.43. The summed E-state index contributed by atoms with van der Waals surface area (Å²) in [6.07, 6.45) is -5.19. The average molecular weight is 360 g/mol. The molecule has 0 amide bonds. The topological polar surface area (TPSA) is 146 Å². The summed E-state index contributed by atoms with van der Waals surface area (Å²) in [5.41, 5.74) is 0.486. The molecule has 1 aliphatic rings. The molecule has 9 nitrogen and oxygen atoms in total. The number of aliphatic hydroxyl groups excluding tert-OH is 4. The Morgan fingerprint density at radius 2 is 1.88 bits per heavy atom. The highest BCUT2D eigenvalue weighted by Crippen LogP contribution is 2.25. The molecule has 1 aromatic rings. The molecule has 0 spiro atoms. The molecule has 1 aromatic carbocycles. The van der Waals surface area contributed by atoms with E-state index in [1.807, 2.05) is 0 Å². The molecule has 0 aromatic heterocycles. The molecule has 5 N–H and O–H groups in total. The monoisotopic (exact) mass is 360 g/mol. The molecule has 1 fully saturated rings. The van der Waals surface area contributed by atoms with Gasteiger partial charge in [0.25, 0.3) is 0 Å². The number of carbonyl (C=O) groups is 1. The average Bonchev–Trinajstić information content (AvgIpc) is 2.63. The van der Waals surface area contributed by atoms with E-state index in [4.69, 9.17) is 24.4 Å². The van der Waals surface area contributed by atoms with Crippen LogP contribution in [0.3, 0.4) is 0 Å². The van der Waals surface area contributed by atoms with Crippen molar-refractivity contribution < 1.29 is 44.5 Å². The number of ether oxygens (including phenoxy) is 3. The summed E-state index contributed by atoms with van der Waals surface area (Å²) in [4.78, 5) is 10.2. The molecule has 25 heavy (non-hydrogen) atoms. The van der Waals surface area contributed by atoms with Crippen molar-refractivity contribution in [2.45, 2.75) is 37.6 Å². The van der Waals surface area contributed by atoms with Gasteiger partial charge in [0.1, 0.15) is 30.7 Å². The van der Waals surface area contributed by atoms with E-state index < -0.39 is 37.3 Å². The van der Waals surface area contributed by atoms with Crippen molar-refractivity contribution in [3.8, 4) is 11.5 Å². The second-order valence-electron chi connectivity index (χ2n) is 5.20. The van der Waals surface area contributed by atoms with Gasteiger partial charge >= 0.3 is 0 Å². The Morgan fingerprint density at radius 3 is 2.40 bits per heavy atom. The minimum absolute atomic E-state index is 0.0399. The molecule has 0 saturated carbocycles. The summed E-state index contributed by atoms with van der Waals surface area (Å²) in [6.45, 7) is 1.58. The number of aldehydes is 1. The Balaban J connectivity index is 0.000000257. The highest BCUT2D eigenvalue weighted by atomic mass is 16.7. The minimum Gasteiger partial charge on any atom is -0.504 e. The molecule has 1 aliphatic heterocycles. The van der Waals surface area contributed by atoms with Crippen molar-refractivity contribution in [3.63, 3.8) is 0 Å². The number of benzene rings is 1. The maximum Gasteiger partial charge on any atom is 0.186 e. The molecule has 0 radical (unpaired) electrons. The van der Waals surface area contributed by atoms with E-state index >= 15 is 0 Å². The standard InChI is InChI=1S/C8H16O6.C8H8O3/c1-2-13-8-7(12)6(11)5(10)4(3-9)14-8;1-11-8-4-6(5-9)2-3-7(8)10/h4-12H,2-3H2,1H3;2-5,10H,1H3/t4-,5-,6+,7-,8-;/m1./s1. The molecule has 2 rings (SSSR count). The second kappa shape index (κ2) is 10.3. The van der Waals surface area contributed by atoms with E-state index in [2.05, 4.69) is 0 Å². The van der Waals surface area contributed by atoms with Crippen LogP contribution >= 0.6 is 0 Å². The maximum absolute atomic E-state index is 10.2. The van der Waals surface area contributed by atoms with E-state index in [0.717, 1.165) is 0 Å². The van der Waals surface area contributed by atoms with Crippen LogP contribution in [0.4, 0.5) is 0 Å². The molecule has 5 atom stereocenters. The predicted molar refractivity (Wildman–Crippen MR) is 85.4 cm³/mol. The van der Waals surface area contributed by atoms with E-state index in [9.17, 15) is 20.1 Å². The lowest BCUT2D eigenvalue weighted by Crippen LogP contribution is -2.59. The predicted octanol–water partition coefficient (Wildman–Crippen LogP) is -0.964.